The number of hydrogen-bond donors (Lipinski definition) is 15. The minimum Gasteiger partial charge on any atom is -0.384 e. The van der Waals surface area contributed by atoms with Crippen LogP contribution < -0.4 is 37.2 Å². The molecule has 0 saturated carbocycles. The van der Waals surface area contributed by atoms with Crippen LogP contribution in [0.5, 0.6) is 0 Å². The number of piperidine rings is 4. The van der Waals surface area contributed by atoms with E-state index in [-0.39, 0.29) is 53.9 Å². The SMILES string of the molecule is C[C@H](NC(=O)[C@H](O)[C@@H](O)C(=O)N1CCC(c2nc3ccccc3s2)CC1)c1ccc(Br)cc1.C[C@H](NC(=O)[C@H](O)[C@@H](O)C(=O)N1CCC2(CC1)C(=O)Nc1ccccc12)c1ccc(Br)cc1.C[C@H](NC(=O)[C@H](O)[C@@H](O)C(=O)N1CCC2(CC1)CNCc1ccccc12)c1ccc(Br)cc1.C[C@H](NC(=O)[C@H](O)[C@@H](O)C(=O)N1CCC2(CC1)CNc1ccccc12)c1ccc(Br)cc1. The van der Waals surface area contributed by atoms with Crippen LogP contribution in [0.1, 0.15) is 159 Å². The molecule has 9 aromatic rings. The fourth-order valence-electron chi connectivity index (χ4n) is 18.2. The van der Waals surface area contributed by atoms with Gasteiger partial charge in [0.05, 0.1) is 44.8 Å². The molecule has 29 nitrogen and oxygen atoms in total. The summed E-state index contributed by atoms with van der Waals surface area (Å²) >= 11 is 15.1. The summed E-state index contributed by atoms with van der Waals surface area (Å²) in [5.41, 5.74) is 10.3. The van der Waals surface area contributed by atoms with Crippen molar-refractivity contribution >= 4 is 150 Å². The number of thiazole rings is 1. The third-order valence-electron chi connectivity index (χ3n) is 26.3. The van der Waals surface area contributed by atoms with E-state index in [0.717, 1.165) is 130 Å². The molecule has 34 heteroatoms. The number of nitrogens with zero attached hydrogens (tertiary/aromatic N) is 5. The summed E-state index contributed by atoms with van der Waals surface area (Å²) in [6, 6.07) is 60.1. The summed E-state index contributed by atoms with van der Waals surface area (Å²) in [4.78, 5) is 124. The summed E-state index contributed by atoms with van der Waals surface area (Å²) < 4.78 is 4.79. The lowest BCUT2D eigenvalue weighted by Gasteiger charge is -2.46. The molecular weight excluding hydrogens is 1960 g/mol. The maximum atomic E-state index is 12.9. The van der Waals surface area contributed by atoms with Crippen LogP contribution in [0.4, 0.5) is 11.4 Å². The van der Waals surface area contributed by atoms with Crippen LogP contribution in [0.15, 0.2) is 212 Å². The van der Waals surface area contributed by atoms with Gasteiger partial charge in [0, 0.05) is 118 Å². The van der Waals surface area contributed by atoms with Gasteiger partial charge in [0.15, 0.2) is 48.8 Å². The van der Waals surface area contributed by atoms with Gasteiger partial charge < -0.3 is 97.7 Å². The highest BCUT2D eigenvalue weighted by Gasteiger charge is 2.51. The number of para-hydroxylation sites is 3. The lowest BCUT2D eigenvalue weighted by molar-refractivity contribution is -0.154. The Bertz CT molecular complexity index is 5510. The van der Waals surface area contributed by atoms with Crippen molar-refractivity contribution in [2.75, 3.05) is 76.1 Å². The molecule has 8 heterocycles. The Morgan fingerprint density at radius 2 is 0.718 bits per heavy atom. The number of benzene rings is 8. The first kappa shape index (κ1) is 98.7. The first-order chi connectivity index (χ1) is 62.7. The molecule has 4 fully saturated rings. The number of nitrogens with one attached hydrogen (secondary N) is 7. The van der Waals surface area contributed by atoms with Crippen LogP contribution in [0.25, 0.3) is 10.2 Å². The Kier molecular flexibility index (Phi) is 33.1. The summed E-state index contributed by atoms with van der Waals surface area (Å²) in [6.45, 7) is 12.8. The van der Waals surface area contributed by atoms with Gasteiger partial charge in [0.2, 0.25) is 5.91 Å². The van der Waals surface area contributed by atoms with Crippen molar-refractivity contribution in [2.24, 2.45) is 0 Å². The van der Waals surface area contributed by atoms with E-state index < -0.39 is 108 Å². The maximum Gasteiger partial charge on any atom is 0.254 e. The van der Waals surface area contributed by atoms with Gasteiger partial charge in [0.25, 0.3) is 47.3 Å². The van der Waals surface area contributed by atoms with Crippen LogP contribution in [-0.4, -0.2) is 233 Å². The van der Waals surface area contributed by atoms with E-state index in [9.17, 15) is 84.0 Å². The molecule has 1 aromatic heterocycles. The Balaban J connectivity index is 0.000000149. The van der Waals surface area contributed by atoms with Gasteiger partial charge in [-0.2, -0.15) is 0 Å². The van der Waals surface area contributed by atoms with Crippen LogP contribution in [-0.2, 0) is 65.9 Å². The number of halogens is 4. The monoisotopic (exact) mass is 2060 g/mol. The summed E-state index contributed by atoms with van der Waals surface area (Å²) in [7, 11) is 0. The molecule has 3 spiro atoms. The minimum atomic E-state index is -1.90. The number of rotatable bonds is 21. The zero-order chi connectivity index (χ0) is 93.8. The number of fused-ring (bicyclic) bond motifs is 7. The summed E-state index contributed by atoms with van der Waals surface area (Å²) in [5, 5.41) is 105. The van der Waals surface area contributed by atoms with Crippen molar-refractivity contribution in [1.82, 2.24) is 51.2 Å². The molecule has 0 unspecified atom stereocenters. The zero-order valence-electron chi connectivity index (χ0n) is 72.8. The fraction of sp³-hybridized carbons (Fsp3) is 0.402. The molecule has 4 saturated heterocycles. The Morgan fingerprint density at radius 3 is 1.11 bits per heavy atom. The predicted molar refractivity (Wildman–Crippen MR) is 510 cm³/mol. The first-order valence-corrected chi connectivity index (χ1v) is 47.9. The minimum absolute atomic E-state index is 0.0194. The van der Waals surface area contributed by atoms with Crippen LogP contribution in [0, 0.1) is 0 Å². The van der Waals surface area contributed by atoms with Gasteiger partial charge in [-0.15, -0.1) is 11.3 Å². The molecule has 15 N–H and O–H groups in total. The number of aliphatic hydroxyl groups excluding tert-OH is 8. The number of likely N-dealkylation sites (tertiary alicyclic amines) is 4. The number of anilines is 2. The quantitative estimate of drug-likeness (QED) is 0.0318. The van der Waals surface area contributed by atoms with E-state index in [0.29, 0.717) is 52.1 Å². The molecule has 16 rings (SSSR count). The van der Waals surface area contributed by atoms with E-state index in [2.05, 4.69) is 137 Å². The van der Waals surface area contributed by atoms with Crippen molar-refractivity contribution < 1.29 is 84.0 Å². The molecule has 8 aromatic carbocycles. The summed E-state index contributed by atoms with van der Waals surface area (Å²) in [5.74, 6) is -5.57. The normalized spacial score (nSPS) is 19.1. The first-order valence-electron chi connectivity index (χ1n) is 43.9. The van der Waals surface area contributed by atoms with E-state index in [1.807, 2.05) is 158 Å². The Morgan fingerprint density at radius 1 is 0.389 bits per heavy atom. The standard InChI is InChI=1S/C25H30BrN3O4.C24H26BrN3O5.C24H26BrN3O4S.C24H28BrN3O4/c1-16(17-6-8-19(26)9-7-17)28-23(32)21(30)22(31)24(33)29-12-10-25(11-13-29)15-27-14-18-4-2-3-5-20(18)25;1-14(15-6-8-16(25)9-7-15)26-21(31)19(29)20(30)22(32)28-12-10-24(11-13-28)17-4-2-3-5-18(17)27-23(24)33;1-14(15-6-8-17(25)9-7-15)26-22(31)20(29)21(30)24(32)28-12-10-16(11-13-28)23-27-18-4-2-3-5-19(18)33-23;1-15(16-6-8-17(25)9-7-16)27-22(31)20(29)21(30)23(32)28-12-10-24(11-13-28)14-26-19-5-3-2-4-18(19)24/h2-9,16,21-22,27,30-31H,10-15H2,1H3,(H,28,32);2-9,14,19-20,29-30H,10-13H2,1H3,(H,26,31)(H,27,33);2-9,14,16,20-21,29-30H,10-13H2,1H3,(H,26,31);2-9,15,20-21,26,29-30H,10-14H2,1H3,(H,27,31)/t16-,21+,22+;14-,19+,20+;14-,20+,21+;15-,20+,21+/m0000/s1. The Labute approximate surface area is 797 Å². The van der Waals surface area contributed by atoms with Gasteiger partial charge in [0.1, 0.15) is 0 Å². The highest BCUT2D eigenvalue weighted by Crippen LogP contribution is 2.47. The predicted octanol–water partition coefficient (Wildman–Crippen LogP) is 9.57. The van der Waals surface area contributed by atoms with E-state index in [1.165, 1.54) is 26.5 Å². The molecule has 0 radical (unpaired) electrons. The molecule has 0 aliphatic carbocycles. The van der Waals surface area contributed by atoms with Gasteiger partial charge in [-0.1, -0.05) is 185 Å². The molecule has 12 atom stereocenters. The van der Waals surface area contributed by atoms with Crippen LogP contribution in [0.3, 0.4) is 0 Å². The number of hydrogen-bond acceptors (Lipinski definition) is 21. The van der Waals surface area contributed by atoms with Gasteiger partial charge in [-0.25, -0.2) is 4.98 Å². The van der Waals surface area contributed by atoms with Crippen LogP contribution >= 0.6 is 75.1 Å². The van der Waals surface area contributed by atoms with E-state index in [4.69, 9.17) is 4.98 Å². The summed E-state index contributed by atoms with van der Waals surface area (Å²) in [6.07, 6.45) is -9.39. The fourth-order valence-corrected chi connectivity index (χ4v) is 20.4. The largest absolute Gasteiger partial charge is 0.384 e. The maximum absolute atomic E-state index is 12.9. The van der Waals surface area contributed by atoms with Gasteiger partial charge in [-0.3, -0.25) is 43.2 Å². The van der Waals surface area contributed by atoms with Crippen molar-refractivity contribution in [3.05, 3.63) is 262 Å². The van der Waals surface area contributed by atoms with Crippen molar-refractivity contribution in [3.8, 4) is 0 Å². The molecule has 0 bridgehead atoms. The second kappa shape index (κ2) is 43.9. The third-order valence-corrected chi connectivity index (χ3v) is 29.6. The van der Waals surface area contributed by atoms with Crippen LogP contribution in [0.2, 0.25) is 0 Å². The average molecular weight is 2070 g/mol. The van der Waals surface area contributed by atoms with Crippen molar-refractivity contribution in [2.45, 2.75) is 181 Å². The van der Waals surface area contributed by atoms with Gasteiger partial charge in [-0.05, 0) is 196 Å². The second-order valence-corrected chi connectivity index (χ2v) is 39.3. The zero-order valence-corrected chi connectivity index (χ0v) is 80.0. The molecule has 9 amide bonds. The number of carbonyl (C=O) groups excluding carboxylic acids is 9. The number of aromatic nitrogens is 1. The van der Waals surface area contributed by atoms with Gasteiger partial charge >= 0.3 is 0 Å². The second-order valence-electron chi connectivity index (χ2n) is 34.6. The molecule has 7 aliphatic heterocycles. The smallest absolute Gasteiger partial charge is 0.254 e. The van der Waals surface area contributed by atoms with Crippen molar-refractivity contribution in [3.63, 3.8) is 0 Å². The third kappa shape index (κ3) is 23.2. The lowest BCUT2D eigenvalue weighted by atomic mass is 9.69. The van der Waals surface area contributed by atoms with Crippen molar-refractivity contribution in [1.29, 1.82) is 0 Å². The number of carbonyl (C=O) groups is 9. The molecular formula is C97H110Br4N12O17S. The molecule has 7 aliphatic rings. The highest BCUT2D eigenvalue weighted by atomic mass is 79.9. The lowest BCUT2D eigenvalue weighted by Crippen LogP contribution is -2.56. The average Bonchev–Trinajstić information content (AvgIpc) is 1.64. The Hall–Kier alpha value is -9.76. The van der Waals surface area contributed by atoms with E-state index in [1.54, 1.807) is 48.8 Å². The number of amides is 9. The molecule has 694 valence electrons. The topological polar surface area (TPSA) is 426 Å². The molecule has 131 heavy (non-hydrogen) atoms. The number of aliphatic hydroxyl groups is 8. The highest BCUT2D eigenvalue weighted by molar-refractivity contribution is 9.11. The van der Waals surface area contributed by atoms with E-state index >= 15 is 0 Å².